The van der Waals surface area contributed by atoms with Gasteiger partial charge in [-0.25, -0.2) is 13.4 Å². The summed E-state index contributed by atoms with van der Waals surface area (Å²) in [6, 6.07) is 20.2. The van der Waals surface area contributed by atoms with Crippen molar-refractivity contribution in [3.8, 4) is 16.9 Å². The lowest BCUT2D eigenvalue weighted by Gasteiger charge is -2.21. The fourth-order valence-corrected chi connectivity index (χ4v) is 5.96. The first-order valence-electron chi connectivity index (χ1n) is 10.6. The Kier molecular flexibility index (Phi) is 5.23. The van der Waals surface area contributed by atoms with Crippen LogP contribution in [-0.4, -0.2) is 31.4 Å². The van der Waals surface area contributed by atoms with Gasteiger partial charge >= 0.3 is 0 Å². The molecule has 0 bridgehead atoms. The third-order valence-electron chi connectivity index (χ3n) is 6.01. The molecule has 1 saturated heterocycles. The summed E-state index contributed by atoms with van der Waals surface area (Å²) >= 11 is 0. The number of hydrogen-bond donors (Lipinski definition) is 0. The molecule has 0 amide bonds. The highest BCUT2D eigenvalue weighted by Crippen LogP contribution is 2.38. The Morgan fingerprint density at radius 2 is 1.84 bits per heavy atom. The van der Waals surface area contributed by atoms with Gasteiger partial charge in [0.25, 0.3) is 0 Å². The molecule has 6 nitrogen and oxygen atoms in total. The van der Waals surface area contributed by atoms with E-state index in [2.05, 4.69) is 19.1 Å². The van der Waals surface area contributed by atoms with Crippen molar-refractivity contribution in [3.05, 3.63) is 78.2 Å². The standard InChI is InChI=1S/C25H24N2O4S/c1-17-6-3-4-7-21(17)18-9-14-24-22(16-18)26-25(31-24)23-8-5-15-27(23)32(28,29)20-12-10-19(30-2)11-13-20/h3-4,6-7,9-14,16,23H,5,8,15H2,1-2H3. The molecule has 0 aliphatic carbocycles. The van der Waals surface area contributed by atoms with Crippen molar-refractivity contribution in [1.82, 2.24) is 9.29 Å². The highest BCUT2D eigenvalue weighted by molar-refractivity contribution is 7.89. The molecule has 1 unspecified atom stereocenters. The molecule has 1 aromatic heterocycles. The number of rotatable bonds is 5. The molecule has 7 heteroatoms. The third kappa shape index (κ3) is 3.57. The van der Waals surface area contributed by atoms with Crippen molar-refractivity contribution in [2.45, 2.75) is 30.7 Å². The zero-order valence-corrected chi connectivity index (χ0v) is 18.8. The van der Waals surface area contributed by atoms with Gasteiger partial charge in [-0.3, -0.25) is 0 Å². The summed E-state index contributed by atoms with van der Waals surface area (Å²) in [7, 11) is -2.12. The highest BCUT2D eigenvalue weighted by atomic mass is 32.2. The number of methoxy groups -OCH3 is 1. The van der Waals surface area contributed by atoms with Crippen molar-refractivity contribution < 1.29 is 17.6 Å². The molecule has 4 aromatic rings. The lowest BCUT2D eigenvalue weighted by atomic mass is 10.0. The smallest absolute Gasteiger partial charge is 0.243 e. The van der Waals surface area contributed by atoms with E-state index in [4.69, 9.17) is 14.1 Å². The zero-order chi connectivity index (χ0) is 22.3. The van der Waals surface area contributed by atoms with Crippen LogP contribution in [0.2, 0.25) is 0 Å². The molecule has 2 heterocycles. The van der Waals surface area contributed by atoms with Gasteiger partial charge in [-0.1, -0.05) is 30.3 Å². The van der Waals surface area contributed by atoms with E-state index < -0.39 is 16.1 Å². The van der Waals surface area contributed by atoms with E-state index in [1.165, 1.54) is 9.87 Å². The van der Waals surface area contributed by atoms with E-state index in [0.717, 1.165) is 23.1 Å². The number of sulfonamides is 1. The molecule has 1 aliphatic rings. The quantitative estimate of drug-likeness (QED) is 0.412. The predicted octanol–water partition coefficient (Wildman–Crippen LogP) is 5.34. The number of aryl methyl sites for hydroxylation is 1. The molecular weight excluding hydrogens is 424 g/mol. The second kappa shape index (κ2) is 8.07. The molecule has 1 atom stereocenters. The van der Waals surface area contributed by atoms with Crippen LogP contribution in [0.5, 0.6) is 5.75 Å². The first-order chi connectivity index (χ1) is 15.5. The molecule has 32 heavy (non-hydrogen) atoms. The first kappa shape index (κ1) is 20.7. The van der Waals surface area contributed by atoms with Crippen molar-refractivity contribution in [2.75, 3.05) is 13.7 Å². The SMILES string of the molecule is COc1ccc(S(=O)(=O)N2CCCC2c2nc3cc(-c4ccccc4C)ccc3o2)cc1. The van der Waals surface area contributed by atoms with E-state index in [0.29, 0.717) is 30.2 Å². The molecule has 1 fully saturated rings. The van der Waals surface area contributed by atoms with Crippen molar-refractivity contribution in [2.24, 2.45) is 0 Å². The first-order valence-corrected chi connectivity index (χ1v) is 12.0. The van der Waals surface area contributed by atoms with Gasteiger partial charge in [0.2, 0.25) is 15.9 Å². The monoisotopic (exact) mass is 448 g/mol. The maximum atomic E-state index is 13.3. The number of aromatic nitrogens is 1. The summed E-state index contributed by atoms with van der Waals surface area (Å²) in [4.78, 5) is 4.94. The Hall–Kier alpha value is -3.16. The van der Waals surface area contributed by atoms with Gasteiger partial charge in [-0.2, -0.15) is 4.31 Å². The highest BCUT2D eigenvalue weighted by Gasteiger charge is 2.39. The van der Waals surface area contributed by atoms with Gasteiger partial charge in [0.05, 0.1) is 12.0 Å². The molecule has 0 N–H and O–H groups in total. The topological polar surface area (TPSA) is 72.6 Å². The molecule has 0 spiro atoms. The van der Waals surface area contributed by atoms with Crippen molar-refractivity contribution in [3.63, 3.8) is 0 Å². The minimum absolute atomic E-state index is 0.239. The van der Waals surface area contributed by atoms with E-state index in [1.54, 1.807) is 31.4 Å². The van der Waals surface area contributed by atoms with Gasteiger partial charge in [0.15, 0.2) is 5.58 Å². The minimum atomic E-state index is -3.68. The summed E-state index contributed by atoms with van der Waals surface area (Å²) in [6.45, 7) is 2.51. The number of hydrogen-bond acceptors (Lipinski definition) is 5. The Balaban J connectivity index is 1.49. The maximum Gasteiger partial charge on any atom is 0.243 e. The normalized spacial score (nSPS) is 17.1. The molecule has 5 rings (SSSR count). The maximum absolute atomic E-state index is 13.3. The van der Waals surface area contributed by atoms with Gasteiger partial charge in [-0.15, -0.1) is 0 Å². The average molecular weight is 449 g/mol. The zero-order valence-electron chi connectivity index (χ0n) is 18.0. The van der Waals surface area contributed by atoms with Crippen molar-refractivity contribution >= 4 is 21.1 Å². The predicted molar refractivity (Wildman–Crippen MR) is 123 cm³/mol. The fourth-order valence-electron chi connectivity index (χ4n) is 4.31. The summed E-state index contributed by atoms with van der Waals surface area (Å²) in [5.41, 5.74) is 4.77. The summed E-state index contributed by atoms with van der Waals surface area (Å²) in [6.07, 6.45) is 1.43. The Morgan fingerprint density at radius 1 is 1.06 bits per heavy atom. The fraction of sp³-hybridized carbons (Fsp3) is 0.240. The summed E-state index contributed by atoms with van der Waals surface area (Å²) in [5, 5.41) is 0. The molecule has 164 valence electrons. The van der Waals surface area contributed by atoms with Crippen molar-refractivity contribution in [1.29, 1.82) is 0 Å². The van der Waals surface area contributed by atoms with Crippen LogP contribution >= 0.6 is 0 Å². The number of ether oxygens (including phenoxy) is 1. The summed E-state index contributed by atoms with van der Waals surface area (Å²) in [5.74, 6) is 1.06. The van der Waals surface area contributed by atoms with Crippen LogP contribution in [-0.2, 0) is 10.0 Å². The Morgan fingerprint density at radius 3 is 2.59 bits per heavy atom. The van der Waals surface area contributed by atoms with Gasteiger partial charge in [-0.05, 0) is 72.9 Å². The van der Waals surface area contributed by atoms with E-state index in [1.807, 2.05) is 30.3 Å². The Bertz CT molecular complexity index is 1380. The van der Waals surface area contributed by atoms with Gasteiger partial charge in [0, 0.05) is 6.54 Å². The number of oxazole rings is 1. The molecule has 1 aliphatic heterocycles. The van der Waals surface area contributed by atoms with Crippen LogP contribution < -0.4 is 4.74 Å². The second-order valence-electron chi connectivity index (χ2n) is 8.00. The van der Waals surface area contributed by atoms with Crippen LogP contribution in [0.4, 0.5) is 0 Å². The van der Waals surface area contributed by atoms with Gasteiger partial charge in [0.1, 0.15) is 17.3 Å². The van der Waals surface area contributed by atoms with Crippen LogP contribution in [0, 0.1) is 6.92 Å². The third-order valence-corrected chi connectivity index (χ3v) is 7.94. The van der Waals surface area contributed by atoms with Gasteiger partial charge < -0.3 is 9.15 Å². The largest absolute Gasteiger partial charge is 0.497 e. The second-order valence-corrected chi connectivity index (χ2v) is 9.89. The minimum Gasteiger partial charge on any atom is -0.497 e. The van der Waals surface area contributed by atoms with Crippen LogP contribution in [0.15, 0.2) is 76.0 Å². The Labute approximate surface area is 187 Å². The van der Waals surface area contributed by atoms with Crippen LogP contribution in [0.1, 0.15) is 30.3 Å². The lowest BCUT2D eigenvalue weighted by Crippen LogP contribution is -2.30. The van der Waals surface area contributed by atoms with Crippen LogP contribution in [0.25, 0.3) is 22.2 Å². The number of benzene rings is 3. The average Bonchev–Trinajstić information content (AvgIpc) is 3.46. The molecule has 0 radical (unpaired) electrons. The number of fused-ring (bicyclic) bond motifs is 1. The van der Waals surface area contributed by atoms with E-state index in [-0.39, 0.29) is 4.90 Å². The molecule has 0 saturated carbocycles. The lowest BCUT2D eigenvalue weighted by molar-refractivity contribution is 0.337. The molecular formula is C25H24N2O4S. The van der Waals surface area contributed by atoms with E-state index >= 15 is 0 Å². The van der Waals surface area contributed by atoms with E-state index in [9.17, 15) is 8.42 Å². The summed E-state index contributed by atoms with van der Waals surface area (Å²) < 4.78 is 39.3. The van der Waals surface area contributed by atoms with Crippen LogP contribution in [0.3, 0.4) is 0 Å². The molecule has 3 aromatic carbocycles. The number of nitrogens with zero attached hydrogens (tertiary/aromatic N) is 2.